The van der Waals surface area contributed by atoms with E-state index in [1.807, 2.05) is 0 Å². The van der Waals surface area contributed by atoms with Gasteiger partial charge in [0.15, 0.2) is 0 Å². The van der Waals surface area contributed by atoms with E-state index in [0.29, 0.717) is 25.9 Å². The zero-order chi connectivity index (χ0) is 20.2. The van der Waals surface area contributed by atoms with Crippen molar-refractivity contribution in [1.29, 1.82) is 0 Å². The maximum atomic E-state index is 12.9. The van der Waals surface area contributed by atoms with Crippen LogP contribution in [0, 0.1) is 0 Å². The first-order valence-electron chi connectivity index (χ1n) is 9.90. The summed E-state index contributed by atoms with van der Waals surface area (Å²) in [5.74, 6) is -0.902. The van der Waals surface area contributed by atoms with Crippen LogP contribution in [-0.4, -0.2) is 50.3 Å². The van der Waals surface area contributed by atoms with E-state index < -0.39 is 27.4 Å². The highest BCUT2D eigenvalue weighted by Crippen LogP contribution is 2.30. The topological polar surface area (TPSA) is 92.8 Å². The maximum Gasteiger partial charge on any atom is 0.331 e. The number of amides is 1. The maximum absolute atomic E-state index is 12.9. The van der Waals surface area contributed by atoms with Crippen LogP contribution < -0.4 is 5.32 Å². The van der Waals surface area contributed by atoms with Crippen molar-refractivity contribution in [3.05, 3.63) is 29.8 Å². The van der Waals surface area contributed by atoms with Gasteiger partial charge in [-0.1, -0.05) is 31.7 Å². The average Bonchev–Trinajstić information content (AvgIpc) is 2.74. The summed E-state index contributed by atoms with van der Waals surface area (Å²) in [7, 11) is -2.31. The van der Waals surface area contributed by atoms with Crippen molar-refractivity contribution >= 4 is 21.9 Å². The van der Waals surface area contributed by atoms with Crippen molar-refractivity contribution in [3.63, 3.8) is 0 Å². The number of methoxy groups -OCH3 is 1. The second-order valence-electron chi connectivity index (χ2n) is 7.58. The number of nitrogens with one attached hydrogen (secondary N) is 1. The second kappa shape index (κ2) is 8.61. The molecule has 0 spiro atoms. The minimum absolute atomic E-state index is 0.109. The van der Waals surface area contributed by atoms with Gasteiger partial charge in [-0.25, -0.2) is 13.2 Å². The fourth-order valence-electron chi connectivity index (χ4n) is 4.07. The van der Waals surface area contributed by atoms with E-state index in [2.05, 4.69) is 5.32 Å². The van der Waals surface area contributed by atoms with E-state index in [9.17, 15) is 18.0 Å². The van der Waals surface area contributed by atoms with E-state index >= 15 is 0 Å². The Morgan fingerprint density at radius 2 is 1.68 bits per heavy atom. The first kappa shape index (κ1) is 20.8. The lowest BCUT2D eigenvalue weighted by Gasteiger charge is -2.35. The van der Waals surface area contributed by atoms with Gasteiger partial charge in [0.2, 0.25) is 10.0 Å². The lowest BCUT2D eigenvalue weighted by molar-refractivity contribution is -0.149. The zero-order valence-electron chi connectivity index (χ0n) is 16.3. The first-order valence-corrected chi connectivity index (χ1v) is 11.3. The average molecular weight is 409 g/mol. The number of carbonyl (C=O) groups excluding carboxylic acids is 2. The third-order valence-corrected chi connectivity index (χ3v) is 7.58. The van der Waals surface area contributed by atoms with E-state index in [1.165, 1.54) is 23.5 Å². The Morgan fingerprint density at radius 1 is 1.04 bits per heavy atom. The fraction of sp³-hybridized carbons (Fsp3) is 0.600. The number of nitrogens with zero attached hydrogens (tertiary/aromatic N) is 1. The molecule has 28 heavy (non-hydrogen) atoms. The van der Waals surface area contributed by atoms with Gasteiger partial charge < -0.3 is 10.1 Å². The van der Waals surface area contributed by atoms with Crippen molar-refractivity contribution in [2.45, 2.75) is 61.8 Å². The molecule has 0 atom stereocenters. The third-order valence-electron chi connectivity index (χ3n) is 5.69. The van der Waals surface area contributed by atoms with Gasteiger partial charge in [-0.2, -0.15) is 4.31 Å². The van der Waals surface area contributed by atoms with E-state index in [-0.39, 0.29) is 10.5 Å². The molecule has 7 nitrogen and oxygen atoms in total. The zero-order valence-corrected chi connectivity index (χ0v) is 17.1. The van der Waals surface area contributed by atoms with Crippen molar-refractivity contribution < 1.29 is 22.7 Å². The summed E-state index contributed by atoms with van der Waals surface area (Å²) in [6.45, 7) is 1.01. The van der Waals surface area contributed by atoms with Gasteiger partial charge in [-0.3, -0.25) is 4.79 Å². The molecular weight excluding hydrogens is 380 g/mol. The number of hydrogen-bond acceptors (Lipinski definition) is 5. The molecule has 1 amide bonds. The van der Waals surface area contributed by atoms with Crippen LogP contribution in [0.4, 0.5) is 0 Å². The van der Waals surface area contributed by atoms with E-state index in [4.69, 9.17) is 4.74 Å². The van der Waals surface area contributed by atoms with Crippen LogP contribution in [0.5, 0.6) is 0 Å². The first-order chi connectivity index (χ1) is 13.4. The van der Waals surface area contributed by atoms with Crippen molar-refractivity contribution in [2.24, 2.45) is 0 Å². The molecular formula is C20H28N2O5S. The number of rotatable bonds is 5. The molecule has 0 aromatic heterocycles. The van der Waals surface area contributed by atoms with Gasteiger partial charge in [-0.05, 0) is 43.9 Å². The predicted octanol–water partition coefficient (Wildman–Crippen LogP) is 2.47. The molecule has 1 saturated heterocycles. The summed E-state index contributed by atoms with van der Waals surface area (Å²) in [5.41, 5.74) is -0.807. The van der Waals surface area contributed by atoms with Crippen LogP contribution in [0.25, 0.3) is 0 Å². The van der Waals surface area contributed by atoms with Crippen LogP contribution in [0.2, 0.25) is 0 Å². The summed E-state index contributed by atoms with van der Waals surface area (Å²) < 4.78 is 32.2. The molecule has 0 bridgehead atoms. The van der Waals surface area contributed by atoms with Crippen molar-refractivity contribution in [1.82, 2.24) is 9.62 Å². The van der Waals surface area contributed by atoms with Gasteiger partial charge in [0, 0.05) is 18.7 Å². The molecule has 1 aliphatic heterocycles. The molecule has 2 aliphatic rings. The molecule has 3 rings (SSSR count). The summed E-state index contributed by atoms with van der Waals surface area (Å²) in [4.78, 5) is 25.3. The Bertz CT molecular complexity index is 825. The smallest absolute Gasteiger partial charge is 0.331 e. The van der Waals surface area contributed by atoms with Crippen molar-refractivity contribution in [2.75, 3.05) is 20.2 Å². The second-order valence-corrected chi connectivity index (χ2v) is 9.52. The third kappa shape index (κ3) is 4.22. The highest BCUT2D eigenvalue weighted by molar-refractivity contribution is 7.89. The fourth-order valence-corrected chi connectivity index (χ4v) is 5.64. The standard InChI is InChI=1S/C20H28N2O5S/c1-27-19(24)20(11-4-2-5-12-20)21-18(23)16-9-8-10-17(15-16)28(25,26)22-13-6-3-7-14-22/h8-10,15H,2-7,11-14H2,1H3,(H,21,23). The summed E-state index contributed by atoms with van der Waals surface area (Å²) in [6, 6.07) is 6.04. The molecule has 1 aliphatic carbocycles. The van der Waals surface area contributed by atoms with Crippen LogP contribution in [0.1, 0.15) is 61.7 Å². The number of carbonyl (C=O) groups is 2. The van der Waals surface area contributed by atoms with Crippen molar-refractivity contribution in [3.8, 4) is 0 Å². The monoisotopic (exact) mass is 408 g/mol. The lowest BCUT2D eigenvalue weighted by Crippen LogP contribution is -2.56. The molecule has 1 aromatic rings. The molecule has 1 saturated carbocycles. The van der Waals surface area contributed by atoms with Crippen LogP contribution >= 0.6 is 0 Å². The van der Waals surface area contributed by atoms with Gasteiger partial charge in [-0.15, -0.1) is 0 Å². The normalized spacial score (nSPS) is 20.3. The summed E-state index contributed by atoms with van der Waals surface area (Å²) in [6.07, 6.45) is 6.45. The number of piperidine rings is 1. The quantitative estimate of drug-likeness (QED) is 0.756. The summed E-state index contributed by atoms with van der Waals surface area (Å²) in [5, 5.41) is 2.84. The van der Waals surface area contributed by atoms with Crippen LogP contribution in [0.3, 0.4) is 0 Å². The molecule has 2 fully saturated rings. The van der Waals surface area contributed by atoms with E-state index in [0.717, 1.165) is 38.5 Å². The van der Waals surface area contributed by atoms with Crippen LogP contribution in [-0.2, 0) is 19.6 Å². The Morgan fingerprint density at radius 3 is 2.32 bits per heavy atom. The number of sulfonamides is 1. The molecule has 8 heteroatoms. The molecule has 0 radical (unpaired) electrons. The SMILES string of the molecule is COC(=O)C1(NC(=O)c2cccc(S(=O)(=O)N3CCCCC3)c2)CCCCC1. The molecule has 1 aromatic carbocycles. The summed E-state index contributed by atoms with van der Waals surface area (Å²) >= 11 is 0. The highest BCUT2D eigenvalue weighted by atomic mass is 32.2. The number of benzene rings is 1. The molecule has 154 valence electrons. The van der Waals surface area contributed by atoms with Crippen LogP contribution in [0.15, 0.2) is 29.2 Å². The largest absolute Gasteiger partial charge is 0.467 e. The van der Waals surface area contributed by atoms with Gasteiger partial charge in [0.1, 0.15) is 5.54 Å². The predicted molar refractivity (Wildman–Crippen MR) is 104 cm³/mol. The number of hydrogen-bond donors (Lipinski definition) is 1. The number of esters is 1. The molecule has 1 N–H and O–H groups in total. The van der Waals surface area contributed by atoms with E-state index in [1.54, 1.807) is 12.1 Å². The Hall–Kier alpha value is -1.93. The highest BCUT2D eigenvalue weighted by Gasteiger charge is 2.42. The minimum Gasteiger partial charge on any atom is -0.467 e. The van der Waals surface area contributed by atoms with Gasteiger partial charge >= 0.3 is 5.97 Å². The lowest BCUT2D eigenvalue weighted by atomic mass is 9.81. The minimum atomic E-state index is -3.63. The Kier molecular flexibility index (Phi) is 6.40. The molecule has 1 heterocycles. The molecule has 0 unspecified atom stereocenters. The van der Waals surface area contributed by atoms with Gasteiger partial charge in [0.05, 0.1) is 12.0 Å². The van der Waals surface area contributed by atoms with Gasteiger partial charge in [0.25, 0.3) is 5.91 Å². The Balaban J connectivity index is 1.82. The Labute approximate surface area is 166 Å². The number of ether oxygens (including phenoxy) is 1.